The minimum absolute atomic E-state index is 0.0301. The highest BCUT2D eigenvalue weighted by Gasteiger charge is 2.14. The highest BCUT2D eigenvalue weighted by atomic mass is 16.2. The van der Waals surface area contributed by atoms with Crippen molar-refractivity contribution in [1.82, 2.24) is 0 Å². The first-order valence-electron chi connectivity index (χ1n) is 9.20. The molecule has 0 aromatic carbocycles. The lowest BCUT2D eigenvalue weighted by atomic mass is 10.0. The zero-order valence-electron chi connectivity index (χ0n) is 18.3. The van der Waals surface area contributed by atoms with E-state index in [9.17, 15) is 28.8 Å². The van der Waals surface area contributed by atoms with Crippen LogP contribution in [-0.2, 0) is 28.8 Å². The second kappa shape index (κ2) is 16.2. The van der Waals surface area contributed by atoms with Gasteiger partial charge in [-0.25, -0.2) is 0 Å². The largest absolute Gasteiger partial charge is 0.300 e. The van der Waals surface area contributed by atoms with Crippen molar-refractivity contribution in [2.75, 3.05) is 0 Å². The number of carbonyl (C=O) groups is 6. The van der Waals surface area contributed by atoms with Crippen molar-refractivity contribution in [3.63, 3.8) is 0 Å². The van der Waals surface area contributed by atoms with Crippen molar-refractivity contribution >= 4 is 34.7 Å². The van der Waals surface area contributed by atoms with Gasteiger partial charge in [0.15, 0.2) is 0 Å². The minimum Gasteiger partial charge on any atom is -0.300 e. The van der Waals surface area contributed by atoms with Crippen molar-refractivity contribution in [1.29, 1.82) is 0 Å². The van der Waals surface area contributed by atoms with Crippen LogP contribution >= 0.6 is 0 Å². The summed E-state index contributed by atoms with van der Waals surface area (Å²) in [6, 6.07) is 0. The average Bonchev–Trinajstić information content (AvgIpc) is 2.52. The molecule has 0 bridgehead atoms. The normalized spacial score (nSPS) is 12.8. The number of Topliss-reactive ketones (excluding diaryl/α,β-unsaturated/α-hetero) is 6. The Bertz CT molecular complexity index is 501. The van der Waals surface area contributed by atoms with E-state index in [2.05, 4.69) is 0 Å². The first-order valence-corrected chi connectivity index (χ1v) is 9.20. The predicted octanol–water partition coefficient (Wildman–Crippen LogP) is 3.57. The fourth-order valence-electron chi connectivity index (χ4n) is 1.68. The quantitative estimate of drug-likeness (QED) is 0.563. The maximum absolute atomic E-state index is 10.7. The third kappa shape index (κ3) is 20.2. The molecule has 6 nitrogen and oxygen atoms in total. The van der Waals surface area contributed by atoms with E-state index >= 15 is 0 Å². The molecule has 0 N–H and O–H groups in total. The van der Waals surface area contributed by atoms with Gasteiger partial charge in [-0.15, -0.1) is 0 Å². The van der Waals surface area contributed by atoms with E-state index < -0.39 is 5.92 Å². The molecule has 0 aliphatic carbocycles. The summed E-state index contributed by atoms with van der Waals surface area (Å²) in [5.41, 5.74) is 0. The van der Waals surface area contributed by atoms with E-state index in [-0.39, 0.29) is 46.5 Å². The third-order valence-electron chi connectivity index (χ3n) is 4.02. The van der Waals surface area contributed by atoms with E-state index in [1.165, 1.54) is 34.6 Å². The summed E-state index contributed by atoms with van der Waals surface area (Å²) in [6.45, 7) is 14.4. The predicted molar refractivity (Wildman–Crippen MR) is 105 cm³/mol. The molecule has 27 heavy (non-hydrogen) atoms. The lowest BCUT2D eigenvalue weighted by Gasteiger charge is -2.01. The molecule has 6 heteroatoms. The first kappa shape index (κ1) is 29.8. The summed E-state index contributed by atoms with van der Waals surface area (Å²) in [7, 11) is 0. The molecule has 0 aromatic rings. The van der Waals surface area contributed by atoms with Gasteiger partial charge in [0.05, 0.1) is 5.92 Å². The fourth-order valence-corrected chi connectivity index (χ4v) is 1.68. The van der Waals surface area contributed by atoms with Crippen LogP contribution in [0.25, 0.3) is 0 Å². The van der Waals surface area contributed by atoms with Crippen LogP contribution in [0, 0.1) is 17.8 Å². The van der Waals surface area contributed by atoms with Crippen LogP contribution in [0.1, 0.15) is 81.6 Å². The van der Waals surface area contributed by atoms with E-state index in [0.717, 1.165) is 0 Å². The van der Waals surface area contributed by atoms with Crippen molar-refractivity contribution in [2.24, 2.45) is 17.8 Å². The van der Waals surface area contributed by atoms with Crippen molar-refractivity contribution in [3.05, 3.63) is 0 Å². The number of carbonyl (C=O) groups excluding carboxylic acids is 6. The van der Waals surface area contributed by atoms with Crippen molar-refractivity contribution in [3.8, 4) is 0 Å². The topological polar surface area (TPSA) is 102 Å². The van der Waals surface area contributed by atoms with E-state index in [1.54, 1.807) is 27.7 Å². The highest BCUT2D eigenvalue weighted by molar-refractivity contribution is 6.00. The minimum atomic E-state index is -0.394. The van der Waals surface area contributed by atoms with Gasteiger partial charge in [0.1, 0.15) is 34.7 Å². The molecule has 156 valence electrons. The standard InChI is InChI=1S/3C7H12O2/c2*1-5(7(3)9)4-6(2)8;1-4-7(9)5(2)6(3)8/h3*5H,4H2,1-3H3. The van der Waals surface area contributed by atoms with Gasteiger partial charge in [0, 0.05) is 31.1 Å². The van der Waals surface area contributed by atoms with Crippen LogP contribution in [0.15, 0.2) is 0 Å². The monoisotopic (exact) mass is 384 g/mol. The van der Waals surface area contributed by atoms with Crippen molar-refractivity contribution < 1.29 is 28.8 Å². The van der Waals surface area contributed by atoms with Gasteiger partial charge in [-0.1, -0.05) is 20.8 Å². The summed E-state index contributed by atoms with van der Waals surface area (Å²) >= 11 is 0. The molecular weight excluding hydrogens is 348 g/mol. The molecule has 0 saturated heterocycles. The second-order valence-corrected chi connectivity index (χ2v) is 6.99. The lowest BCUT2D eigenvalue weighted by molar-refractivity contribution is -0.130. The SMILES string of the molecule is CC(=O)CC(C)C(C)=O.CC(=O)CC(C)C(C)=O.CCC(=O)C(C)C(C)=O. The van der Waals surface area contributed by atoms with Crippen LogP contribution in [-0.4, -0.2) is 34.7 Å². The molecule has 0 heterocycles. The second-order valence-electron chi connectivity index (χ2n) is 6.99. The van der Waals surface area contributed by atoms with Crippen LogP contribution < -0.4 is 0 Å². The van der Waals surface area contributed by atoms with Gasteiger partial charge in [0.2, 0.25) is 0 Å². The van der Waals surface area contributed by atoms with Gasteiger partial charge in [-0.3, -0.25) is 19.2 Å². The molecular formula is C21H36O6. The molecule has 3 atom stereocenters. The van der Waals surface area contributed by atoms with Crippen LogP contribution in [0.4, 0.5) is 0 Å². The summed E-state index contributed by atoms with van der Waals surface area (Å²) < 4.78 is 0. The summed E-state index contributed by atoms with van der Waals surface area (Å²) in [6.07, 6.45) is 1.23. The molecule has 0 aliphatic rings. The van der Waals surface area contributed by atoms with Gasteiger partial charge in [0.25, 0.3) is 0 Å². The Morgan fingerprint density at radius 1 is 0.593 bits per heavy atom. The highest BCUT2D eigenvalue weighted by Crippen LogP contribution is 2.03. The van der Waals surface area contributed by atoms with Crippen LogP contribution in [0.2, 0.25) is 0 Å². The fraction of sp³-hybridized carbons (Fsp3) is 0.714. The van der Waals surface area contributed by atoms with Gasteiger partial charge in [-0.05, 0) is 41.5 Å². The average molecular weight is 385 g/mol. The number of rotatable bonds is 9. The molecule has 0 saturated carbocycles. The molecule has 0 fully saturated rings. The lowest BCUT2D eigenvalue weighted by Crippen LogP contribution is -2.16. The summed E-state index contributed by atoms with van der Waals surface area (Å²) in [5.74, 6) is -0.254. The molecule has 0 aromatic heterocycles. The van der Waals surface area contributed by atoms with E-state index in [1.807, 2.05) is 0 Å². The van der Waals surface area contributed by atoms with E-state index in [4.69, 9.17) is 0 Å². The van der Waals surface area contributed by atoms with Gasteiger partial charge < -0.3 is 9.59 Å². The Labute approximate surface area is 163 Å². The molecule has 0 radical (unpaired) electrons. The zero-order chi connectivity index (χ0) is 22.3. The third-order valence-corrected chi connectivity index (χ3v) is 4.02. The number of ketones is 6. The van der Waals surface area contributed by atoms with Crippen LogP contribution in [0.5, 0.6) is 0 Å². The Morgan fingerprint density at radius 2 is 0.889 bits per heavy atom. The van der Waals surface area contributed by atoms with Gasteiger partial charge >= 0.3 is 0 Å². The molecule has 0 rings (SSSR count). The molecule has 3 unspecified atom stereocenters. The maximum atomic E-state index is 10.7. The summed E-state index contributed by atoms with van der Waals surface area (Å²) in [5, 5.41) is 0. The molecule has 0 amide bonds. The summed E-state index contributed by atoms with van der Waals surface area (Å²) in [4.78, 5) is 63.1. The Kier molecular flexibility index (Phi) is 17.9. The number of hydrogen-bond acceptors (Lipinski definition) is 6. The first-order chi connectivity index (χ1) is 12.2. The Balaban J connectivity index is -0.000000320. The molecule has 0 aliphatic heterocycles. The van der Waals surface area contributed by atoms with E-state index in [0.29, 0.717) is 19.3 Å². The number of hydrogen-bond donors (Lipinski definition) is 0. The Morgan fingerprint density at radius 3 is 0.963 bits per heavy atom. The van der Waals surface area contributed by atoms with Crippen LogP contribution in [0.3, 0.4) is 0 Å². The maximum Gasteiger partial charge on any atom is 0.142 e. The molecule has 0 spiro atoms. The van der Waals surface area contributed by atoms with Gasteiger partial charge in [-0.2, -0.15) is 0 Å². The smallest absolute Gasteiger partial charge is 0.142 e. The van der Waals surface area contributed by atoms with Crippen molar-refractivity contribution in [2.45, 2.75) is 81.6 Å². The Hall–Kier alpha value is -1.98. The zero-order valence-corrected chi connectivity index (χ0v) is 18.3.